The highest BCUT2D eigenvalue weighted by Crippen LogP contribution is 2.15. The van der Waals surface area contributed by atoms with E-state index < -0.39 is 0 Å². The minimum atomic E-state index is 0.282. The van der Waals surface area contributed by atoms with Crippen LogP contribution in [0.2, 0.25) is 0 Å². The highest BCUT2D eigenvalue weighted by Gasteiger charge is 2.19. The zero-order chi connectivity index (χ0) is 10.7. The summed E-state index contributed by atoms with van der Waals surface area (Å²) in [6, 6.07) is 0. The number of rotatable bonds is 4. The second-order valence-corrected chi connectivity index (χ2v) is 4.81. The molecule has 0 unspecified atom stereocenters. The van der Waals surface area contributed by atoms with Gasteiger partial charge in [-0.2, -0.15) is 0 Å². The fraction of sp³-hybridized carbons (Fsp3) is 0.600. The average Bonchev–Trinajstić information content (AvgIpc) is 2.84. The van der Waals surface area contributed by atoms with Gasteiger partial charge in [0.2, 0.25) is 5.91 Å². The van der Waals surface area contributed by atoms with Crippen molar-refractivity contribution in [3.8, 4) is 0 Å². The Morgan fingerprint density at radius 2 is 2.47 bits per heavy atom. The molecule has 15 heavy (non-hydrogen) atoms. The van der Waals surface area contributed by atoms with Crippen LogP contribution in [0.15, 0.2) is 5.38 Å². The van der Waals surface area contributed by atoms with Crippen LogP contribution < -0.4 is 0 Å². The Hall–Kier alpha value is -0.610. The molecule has 3 nitrogen and oxygen atoms in total. The number of alkyl halides is 1. The first-order valence-electron chi connectivity index (χ1n) is 5.06. The number of aromatic nitrogens is 1. The molecular formula is C10H13ClN2OS. The molecule has 0 aromatic carbocycles. The van der Waals surface area contributed by atoms with Crippen LogP contribution in [-0.2, 0) is 17.1 Å². The van der Waals surface area contributed by atoms with Gasteiger partial charge < -0.3 is 4.90 Å². The van der Waals surface area contributed by atoms with Crippen molar-refractivity contribution >= 4 is 28.8 Å². The lowest BCUT2D eigenvalue weighted by Gasteiger charge is -2.13. The molecule has 5 heteroatoms. The van der Waals surface area contributed by atoms with E-state index in [1.54, 1.807) is 11.3 Å². The van der Waals surface area contributed by atoms with Crippen LogP contribution in [-0.4, -0.2) is 28.9 Å². The van der Waals surface area contributed by atoms with Gasteiger partial charge >= 0.3 is 0 Å². The SMILES string of the molecule is O=C1CCCN1CCc1nc(CCl)cs1. The zero-order valence-corrected chi connectivity index (χ0v) is 9.98. The summed E-state index contributed by atoms with van der Waals surface area (Å²) >= 11 is 7.30. The van der Waals surface area contributed by atoms with E-state index in [4.69, 9.17) is 11.6 Å². The van der Waals surface area contributed by atoms with Crippen LogP contribution in [0.1, 0.15) is 23.5 Å². The van der Waals surface area contributed by atoms with Crippen LogP contribution in [0.4, 0.5) is 0 Å². The van der Waals surface area contributed by atoms with Crippen LogP contribution in [0.25, 0.3) is 0 Å². The maximum Gasteiger partial charge on any atom is 0.222 e. The molecule has 0 spiro atoms. The van der Waals surface area contributed by atoms with Crippen molar-refractivity contribution in [2.24, 2.45) is 0 Å². The Morgan fingerprint density at radius 3 is 3.07 bits per heavy atom. The number of hydrogen-bond acceptors (Lipinski definition) is 3. The fourth-order valence-electron chi connectivity index (χ4n) is 1.70. The predicted octanol–water partition coefficient (Wildman–Crippen LogP) is 2.05. The second kappa shape index (κ2) is 4.94. The van der Waals surface area contributed by atoms with Gasteiger partial charge in [-0.3, -0.25) is 4.79 Å². The third-order valence-corrected chi connectivity index (χ3v) is 3.73. The molecule has 82 valence electrons. The molecule has 0 radical (unpaired) electrons. The van der Waals surface area contributed by atoms with E-state index in [-0.39, 0.29) is 5.91 Å². The Kier molecular flexibility index (Phi) is 3.59. The van der Waals surface area contributed by atoms with Gasteiger partial charge in [-0.1, -0.05) is 0 Å². The van der Waals surface area contributed by atoms with Gasteiger partial charge in [0.25, 0.3) is 0 Å². The van der Waals surface area contributed by atoms with E-state index in [1.165, 1.54) is 0 Å². The molecule has 0 aliphatic carbocycles. The van der Waals surface area contributed by atoms with Crippen molar-refractivity contribution in [1.82, 2.24) is 9.88 Å². The lowest BCUT2D eigenvalue weighted by atomic mass is 10.4. The van der Waals surface area contributed by atoms with Gasteiger partial charge in [-0.15, -0.1) is 22.9 Å². The second-order valence-electron chi connectivity index (χ2n) is 3.60. The molecule has 0 saturated carbocycles. The quantitative estimate of drug-likeness (QED) is 0.760. The Morgan fingerprint density at radius 1 is 1.60 bits per heavy atom. The predicted molar refractivity (Wildman–Crippen MR) is 61.2 cm³/mol. The first-order chi connectivity index (χ1) is 7.29. The fourth-order valence-corrected chi connectivity index (χ4v) is 2.71. The van der Waals surface area contributed by atoms with Crippen molar-refractivity contribution in [2.45, 2.75) is 25.1 Å². The smallest absolute Gasteiger partial charge is 0.222 e. The number of carbonyl (C=O) groups is 1. The van der Waals surface area contributed by atoms with E-state index in [2.05, 4.69) is 4.98 Å². The summed E-state index contributed by atoms with van der Waals surface area (Å²) in [5, 5.41) is 3.05. The van der Waals surface area contributed by atoms with Crippen molar-refractivity contribution in [1.29, 1.82) is 0 Å². The number of thiazole rings is 1. The number of nitrogens with zero attached hydrogens (tertiary/aromatic N) is 2. The normalized spacial score (nSPS) is 16.3. The lowest BCUT2D eigenvalue weighted by molar-refractivity contribution is -0.127. The van der Waals surface area contributed by atoms with Crippen LogP contribution >= 0.6 is 22.9 Å². The molecule has 1 aliphatic rings. The summed E-state index contributed by atoms with van der Waals surface area (Å²) in [5.41, 5.74) is 0.935. The van der Waals surface area contributed by atoms with E-state index in [1.807, 2.05) is 10.3 Å². The maximum atomic E-state index is 11.3. The summed E-state index contributed by atoms with van der Waals surface area (Å²) in [4.78, 5) is 17.6. The molecule has 0 atom stereocenters. The van der Waals surface area contributed by atoms with Gasteiger partial charge in [0.15, 0.2) is 0 Å². The van der Waals surface area contributed by atoms with Gasteiger partial charge in [0.1, 0.15) is 0 Å². The Labute approximate surface area is 98.1 Å². The van der Waals surface area contributed by atoms with E-state index in [0.717, 1.165) is 36.6 Å². The van der Waals surface area contributed by atoms with Crippen molar-refractivity contribution in [3.63, 3.8) is 0 Å². The van der Waals surface area contributed by atoms with Gasteiger partial charge in [-0.05, 0) is 6.42 Å². The van der Waals surface area contributed by atoms with Crippen LogP contribution in [0.3, 0.4) is 0 Å². The Balaban J connectivity index is 1.84. The monoisotopic (exact) mass is 244 g/mol. The minimum absolute atomic E-state index is 0.282. The largest absolute Gasteiger partial charge is 0.342 e. The Bertz CT molecular complexity index is 353. The molecule has 1 aromatic heterocycles. The average molecular weight is 245 g/mol. The third-order valence-electron chi connectivity index (χ3n) is 2.50. The first kappa shape index (κ1) is 10.9. The molecular weight excluding hydrogens is 232 g/mol. The number of hydrogen-bond donors (Lipinski definition) is 0. The topological polar surface area (TPSA) is 33.2 Å². The molecule has 1 amide bonds. The maximum absolute atomic E-state index is 11.3. The summed E-state index contributed by atoms with van der Waals surface area (Å²) in [6.45, 7) is 1.71. The van der Waals surface area contributed by atoms with Gasteiger partial charge in [-0.25, -0.2) is 4.98 Å². The number of amides is 1. The van der Waals surface area contributed by atoms with E-state index in [9.17, 15) is 4.79 Å². The van der Waals surface area contributed by atoms with E-state index in [0.29, 0.717) is 12.3 Å². The highest BCUT2D eigenvalue weighted by atomic mass is 35.5. The molecule has 1 aliphatic heterocycles. The molecule has 0 bridgehead atoms. The molecule has 1 saturated heterocycles. The molecule has 1 fully saturated rings. The summed E-state index contributed by atoms with van der Waals surface area (Å²) < 4.78 is 0. The highest BCUT2D eigenvalue weighted by molar-refractivity contribution is 7.09. The molecule has 2 heterocycles. The molecule has 2 rings (SSSR count). The van der Waals surface area contributed by atoms with Crippen LogP contribution in [0, 0.1) is 0 Å². The summed E-state index contributed by atoms with van der Waals surface area (Å²) in [5.74, 6) is 0.753. The summed E-state index contributed by atoms with van der Waals surface area (Å²) in [6.07, 6.45) is 2.57. The first-order valence-corrected chi connectivity index (χ1v) is 6.48. The van der Waals surface area contributed by atoms with E-state index >= 15 is 0 Å². The lowest BCUT2D eigenvalue weighted by Crippen LogP contribution is -2.26. The number of carbonyl (C=O) groups excluding carboxylic acids is 1. The van der Waals surface area contributed by atoms with Crippen molar-refractivity contribution in [2.75, 3.05) is 13.1 Å². The minimum Gasteiger partial charge on any atom is -0.342 e. The van der Waals surface area contributed by atoms with Crippen molar-refractivity contribution < 1.29 is 4.79 Å². The van der Waals surface area contributed by atoms with Gasteiger partial charge in [0, 0.05) is 31.3 Å². The van der Waals surface area contributed by atoms with Crippen molar-refractivity contribution in [3.05, 3.63) is 16.1 Å². The number of likely N-dealkylation sites (tertiary alicyclic amines) is 1. The third kappa shape index (κ3) is 2.69. The van der Waals surface area contributed by atoms with Crippen LogP contribution in [0.5, 0.6) is 0 Å². The standard InChI is InChI=1S/C10H13ClN2OS/c11-6-8-7-15-9(12-8)3-5-13-4-1-2-10(13)14/h7H,1-6H2. The molecule has 1 aromatic rings. The zero-order valence-electron chi connectivity index (χ0n) is 8.41. The van der Waals surface area contributed by atoms with Gasteiger partial charge in [0.05, 0.1) is 16.6 Å². The number of halogens is 1. The summed E-state index contributed by atoms with van der Waals surface area (Å²) in [7, 11) is 0. The molecule has 0 N–H and O–H groups in total.